The zero-order chi connectivity index (χ0) is 13.4. The minimum absolute atomic E-state index is 0.532. The van der Waals surface area contributed by atoms with Crippen LogP contribution < -0.4 is 5.32 Å². The first-order valence-electron chi connectivity index (χ1n) is 6.64. The fourth-order valence-corrected chi connectivity index (χ4v) is 3.05. The summed E-state index contributed by atoms with van der Waals surface area (Å²) in [6.07, 6.45) is 4.31. The summed E-state index contributed by atoms with van der Waals surface area (Å²) in [4.78, 5) is 0. The van der Waals surface area contributed by atoms with Crippen LogP contribution in [0.25, 0.3) is 0 Å². The molecule has 1 aliphatic rings. The first-order valence-corrected chi connectivity index (χ1v) is 7.02. The van der Waals surface area contributed by atoms with Gasteiger partial charge in [0.2, 0.25) is 0 Å². The Kier molecular flexibility index (Phi) is 3.23. The molecule has 1 aliphatic carbocycles. The van der Waals surface area contributed by atoms with Crippen molar-refractivity contribution >= 4 is 17.3 Å². The Morgan fingerprint density at radius 2 is 2.05 bits per heavy atom. The third-order valence-electron chi connectivity index (χ3n) is 3.86. The lowest BCUT2D eigenvalue weighted by molar-refractivity contribution is 0.374. The van der Waals surface area contributed by atoms with Crippen LogP contribution in [0.3, 0.4) is 0 Å². The summed E-state index contributed by atoms with van der Waals surface area (Å²) in [5, 5.41) is 8.80. The van der Waals surface area contributed by atoms with Crippen molar-refractivity contribution in [2.24, 2.45) is 7.05 Å². The molecule has 3 rings (SSSR count). The average Bonchev–Trinajstić information content (AvgIpc) is 2.63. The minimum Gasteiger partial charge on any atom is -0.380 e. The molecule has 0 saturated heterocycles. The van der Waals surface area contributed by atoms with Crippen LogP contribution in [0.15, 0.2) is 30.5 Å². The van der Waals surface area contributed by atoms with Gasteiger partial charge in [0, 0.05) is 24.3 Å². The molecule has 0 amide bonds. The lowest BCUT2D eigenvalue weighted by atomic mass is 9.76. The SMILES string of the molecule is Cc1nn(C)cc1NC1CC(c2ccccc2Cl)C1. The van der Waals surface area contributed by atoms with Gasteiger partial charge in [0.1, 0.15) is 0 Å². The van der Waals surface area contributed by atoms with Crippen LogP contribution in [0.2, 0.25) is 5.02 Å². The number of nitrogens with one attached hydrogen (secondary N) is 1. The van der Waals surface area contributed by atoms with E-state index in [1.807, 2.05) is 37.0 Å². The second kappa shape index (κ2) is 4.89. The van der Waals surface area contributed by atoms with Crippen molar-refractivity contribution in [2.75, 3.05) is 5.32 Å². The highest BCUT2D eigenvalue weighted by atomic mass is 35.5. The molecule has 19 heavy (non-hydrogen) atoms. The first-order chi connectivity index (χ1) is 9.13. The molecule has 1 aromatic carbocycles. The number of halogens is 1. The number of aromatic nitrogens is 2. The van der Waals surface area contributed by atoms with Crippen LogP contribution in [0.1, 0.15) is 30.0 Å². The Morgan fingerprint density at radius 3 is 2.68 bits per heavy atom. The highest BCUT2D eigenvalue weighted by Gasteiger charge is 2.31. The summed E-state index contributed by atoms with van der Waals surface area (Å²) in [5.41, 5.74) is 3.49. The lowest BCUT2D eigenvalue weighted by Gasteiger charge is -2.37. The number of nitrogens with zero attached hydrogens (tertiary/aromatic N) is 2. The fourth-order valence-electron chi connectivity index (χ4n) is 2.76. The maximum absolute atomic E-state index is 6.23. The molecule has 2 aromatic rings. The van der Waals surface area contributed by atoms with Crippen LogP contribution in [0.4, 0.5) is 5.69 Å². The predicted molar refractivity (Wildman–Crippen MR) is 78.8 cm³/mol. The minimum atomic E-state index is 0.532. The maximum atomic E-state index is 6.23. The topological polar surface area (TPSA) is 29.9 Å². The largest absolute Gasteiger partial charge is 0.380 e. The van der Waals surface area contributed by atoms with Gasteiger partial charge in [-0.15, -0.1) is 0 Å². The predicted octanol–water partition coefficient (Wildman–Crippen LogP) is 3.74. The lowest BCUT2D eigenvalue weighted by Crippen LogP contribution is -2.34. The van der Waals surface area contributed by atoms with Crippen molar-refractivity contribution < 1.29 is 0 Å². The molecule has 100 valence electrons. The van der Waals surface area contributed by atoms with E-state index in [9.17, 15) is 0 Å². The second-order valence-corrected chi connectivity index (χ2v) is 5.74. The van der Waals surface area contributed by atoms with Gasteiger partial charge in [0.15, 0.2) is 0 Å². The molecule has 0 atom stereocenters. The van der Waals surface area contributed by atoms with Crippen molar-refractivity contribution in [1.29, 1.82) is 0 Å². The average molecular weight is 276 g/mol. The molecule has 0 unspecified atom stereocenters. The van der Waals surface area contributed by atoms with Crippen LogP contribution >= 0.6 is 11.6 Å². The molecule has 1 N–H and O–H groups in total. The molecule has 0 aliphatic heterocycles. The number of anilines is 1. The van der Waals surface area contributed by atoms with Gasteiger partial charge in [0.25, 0.3) is 0 Å². The molecule has 3 nitrogen and oxygen atoms in total. The molecule has 1 aromatic heterocycles. The Bertz CT molecular complexity index is 585. The smallest absolute Gasteiger partial charge is 0.0825 e. The van der Waals surface area contributed by atoms with Gasteiger partial charge in [-0.3, -0.25) is 4.68 Å². The molecule has 1 saturated carbocycles. The third-order valence-corrected chi connectivity index (χ3v) is 4.20. The zero-order valence-electron chi connectivity index (χ0n) is 11.2. The number of aryl methyl sites for hydroxylation is 2. The normalized spacial score (nSPS) is 22.1. The van der Waals surface area contributed by atoms with Crippen LogP contribution in [0.5, 0.6) is 0 Å². The summed E-state index contributed by atoms with van der Waals surface area (Å²) in [6, 6.07) is 8.69. The van der Waals surface area contributed by atoms with E-state index in [0.29, 0.717) is 12.0 Å². The Labute approximate surface area is 118 Å². The molecule has 0 bridgehead atoms. The Morgan fingerprint density at radius 1 is 1.32 bits per heavy atom. The van der Waals surface area contributed by atoms with E-state index in [-0.39, 0.29) is 0 Å². The highest BCUT2D eigenvalue weighted by Crippen LogP contribution is 2.41. The van der Waals surface area contributed by atoms with E-state index in [0.717, 1.165) is 29.2 Å². The monoisotopic (exact) mass is 275 g/mol. The first kappa shape index (κ1) is 12.5. The molecular formula is C15H18ClN3. The number of rotatable bonds is 3. The van der Waals surface area contributed by atoms with E-state index >= 15 is 0 Å². The molecule has 4 heteroatoms. The second-order valence-electron chi connectivity index (χ2n) is 5.33. The van der Waals surface area contributed by atoms with Gasteiger partial charge in [-0.05, 0) is 37.3 Å². The van der Waals surface area contributed by atoms with Crippen molar-refractivity contribution in [2.45, 2.75) is 31.7 Å². The molecule has 1 heterocycles. The third kappa shape index (κ3) is 2.47. The van der Waals surface area contributed by atoms with Gasteiger partial charge in [-0.1, -0.05) is 29.8 Å². The summed E-state index contributed by atoms with van der Waals surface area (Å²) < 4.78 is 1.85. The van der Waals surface area contributed by atoms with E-state index in [2.05, 4.69) is 22.5 Å². The maximum Gasteiger partial charge on any atom is 0.0825 e. The van der Waals surface area contributed by atoms with Gasteiger partial charge in [0.05, 0.1) is 11.4 Å². The molecule has 0 radical (unpaired) electrons. The number of hydrogen-bond acceptors (Lipinski definition) is 2. The van der Waals surface area contributed by atoms with Crippen LogP contribution in [-0.4, -0.2) is 15.8 Å². The van der Waals surface area contributed by atoms with Crippen LogP contribution in [-0.2, 0) is 7.05 Å². The number of hydrogen-bond donors (Lipinski definition) is 1. The molecule has 0 spiro atoms. The van der Waals surface area contributed by atoms with Crippen molar-refractivity contribution in [3.8, 4) is 0 Å². The van der Waals surface area contributed by atoms with Gasteiger partial charge in [-0.2, -0.15) is 5.10 Å². The molecular weight excluding hydrogens is 258 g/mol. The Hall–Kier alpha value is -1.48. The summed E-state index contributed by atoms with van der Waals surface area (Å²) in [5.74, 6) is 0.586. The Balaban J connectivity index is 1.62. The fraction of sp³-hybridized carbons (Fsp3) is 0.400. The quantitative estimate of drug-likeness (QED) is 0.925. The van der Waals surface area contributed by atoms with Gasteiger partial charge < -0.3 is 5.32 Å². The summed E-state index contributed by atoms with van der Waals surface area (Å²) in [6.45, 7) is 2.03. The van der Waals surface area contributed by atoms with Crippen molar-refractivity contribution in [1.82, 2.24) is 9.78 Å². The molecule has 1 fully saturated rings. The number of benzene rings is 1. The van der Waals surface area contributed by atoms with Gasteiger partial charge >= 0.3 is 0 Å². The van der Waals surface area contributed by atoms with Crippen LogP contribution in [0, 0.1) is 6.92 Å². The zero-order valence-corrected chi connectivity index (χ0v) is 12.0. The van der Waals surface area contributed by atoms with E-state index in [4.69, 9.17) is 11.6 Å². The van der Waals surface area contributed by atoms with Crippen molar-refractivity contribution in [3.05, 3.63) is 46.7 Å². The standard InChI is InChI=1S/C15H18ClN3/c1-10-15(9-19(2)18-10)17-12-7-11(8-12)13-5-3-4-6-14(13)16/h3-6,9,11-12,17H,7-8H2,1-2H3. The summed E-state index contributed by atoms with van der Waals surface area (Å²) in [7, 11) is 1.95. The van der Waals surface area contributed by atoms with Gasteiger partial charge in [-0.25, -0.2) is 0 Å². The van der Waals surface area contributed by atoms with Crippen molar-refractivity contribution in [3.63, 3.8) is 0 Å². The summed E-state index contributed by atoms with van der Waals surface area (Å²) >= 11 is 6.23. The van der Waals surface area contributed by atoms with E-state index < -0.39 is 0 Å². The van der Waals surface area contributed by atoms with E-state index in [1.165, 1.54) is 5.56 Å². The highest BCUT2D eigenvalue weighted by molar-refractivity contribution is 6.31. The van der Waals surface area contributed by atoms with E-state index in [1.54, 1.807) is 0 Å².